The van der Waals surface area contributed by atoms with Crippen molar-refractivity contribution in [3.05, 3.63) is 89.5 Å². The first-order chi connectivity index (χ1) is 16.0. The first-order valence-electron chi connectivity index (χ1n) is 10.8. The van der Waals surface area contributed by atoms with E-state index in [1.54, 1.807) is 0 Å². The van der Waals surface area contributed by atoms with Crippen LogP contribution in [0.3, 0.4) is 0 Å². The van der Waals surface area contributed by atoms with Crippen LogP contribution < -0.4 is 4.74 Å². The maximum Gasteiger partial charge on any atom is 0.358 e. The van der Waals surface area contributed by atoms with E-state index in [1.165, 1.54) is 0 Å². The summed E-state index contributed by atoms with van der Waals surface area (Å²) in [5, 5.41) is 5.81. The minimum absolute atomic E-state index is 0.0144. The molecule has 1 aromatic heterocycles. The van der Waals surface area contributed by atoms with Gasteiger partial charge in [-0.3, -0.25) is 4.79 Å². The minimum Gasteiger partial charge on any atom is -0.486 e. The number of ether oxygens (including phenoxy) is 1. The number of carbonyl (C=O) groups is 2. The summed E-state index contributed by atoms with van der Waals surface area (Å²) in [4.78, 5) is 29.6. The lowest BCUT2D eigenvalue weighted by Gasteiger charge is -2.06. The molecule has 1 aliphatic rings. The summed E-state index contributed by atoms with van der Waals surface area (Å²) in [6, 6.07) is 17.3. The van der Waals surface area contributed by atoms with Crippen molar-refractivity contribution in [2.24, 2.45) is 5.16 Å². The van der Waals surface area contributed by atoms with Crippen molar-refractivity contribution < 1.29 is 19.2 Å². The van der Waals surface area contributed by atoms with Crippen molar-refractivity contribution in [3.63, 3.8) is 0 Å². The second kappa shape index (κ2) is 8.06. The number of benzene rings is 3. The average Bonchev–Trinajstić information content (AvgIpc) is 3.40. The zero-order valence-corrected chi connectivity index (χ0v) is 18.4. The van der Waals surface area contributed by atoms with Gasteiger partial charge in [0.15, 0.2) is 5.78 Å². The van der Waals surface area contributed by atoms with Gasteiger partial charge in [0.1, 0.15) is 18.1 Å². The molecule has 6 heteroatoms. The standard InChI is InChI=1S/C27H22N2O4/c1-4-24(30)33-28-21-15-32-27-19(21)11-13-23-25(27)20-14-17(10-12-22(20)29(23)5-2)26(31)18-9-7-6-8-16(18)3/h4,6-14H,1,5,15H2,2-3H3/b28-21+. The van der Waals surface area contributed by atoms with E-state index in [2.05, 4.69) is 23.2 Å². The number of hydrogen-bond donors (Lipinski definition) is 0. The van der Waals surface area contributed by atoms with Gasteiger partial charge in [-0.15, -0.1) is 0 Å². The van der Waals surface area contributed by atoms with E-state index >= 15 is 0 Å². The zero-order valence-electron chi connectivity index (χ0n) is 18.4. The molecule has 164 valence electrons. The number of fused-ring (bicyclic) bond motifs is 5. The smallest absolute Gasteiger partial charge is 0.358 e. The van der Waals surface area contributed by atoms with E-state index in [-0.39, 0.29) is 12.4 Å². The molecule has 0 atom stereocenters. The molecule has 3 aromatic carbocycles. The second-order valence-corrected chi connectivity index (χ2v) is 7.90. The van der Waals surface area contributed by atoms with Gasteiger partial charge in [0, 0.05) is 40.2 Å². The first kappa shape index (κ1) is 20.7. The highest BCUT2D eigenvalue weighted by atomic mass is 16.7. The van der Waals surface area contributed by atoms with Crippen LogP contribution in [0.1, 0.15) is 34.0 Å². The highest BCUT2D eigenvalue weighted by Gasteiger charge is 2.26. The molecule has 0 N–H and O–H groups in total. The Morgan fingerprint density at radius 1 is 1.15 bits per heavy atom. The molecule has 0 unspecified atom stereocenters. The second-order valence-electron chi connectivity index (χ2n) is 7.90. The SMILES string of the molecule is C=CC(=O)O/N=C1\COc2c1ccc1c2c2cc(C(=O)c3ccccc3C)ccc2n1CC. The Morgan fingerprint density at radius 3 is 2.70 bits per heavy atom. The van der Waals surface area contributed by atoms with E-state index in [0.29, 0.717) is 22.6 Å². The van der Waals surface area contributed by atoms with Gasteiger partial charge in [0.25, 0.3) is 0 Å². The van der Waals surface area contributed by atoms with Crippen molar-refractivity contribution in [1.82, 2.24) is 4.57 Å². The molecule has 0 bridgehead atoms. The number of nitrogens with zero attached hydrogens (tertiary/aromatic N) is 2. The highest BCUT2D eigenvalue weighted by molar-refractivity contribution is 6.20. The van der Waals surface area contributed by atoms with E-state index < -0.39 is 5.97 Å². The van der Waals surface area contributed by atoms with E-state index in [1.807, 2.05) is 61.5 Å². The van der Waals surface area contributed by atoms with Crippen LogP contribution in [0.2, 0.25) is 0 Å². The van der Waals surface area contributed by atoms with Crippen molar-refractivity contribution in [2.45, 2.75) is 20.4 Å². The Bertz CT molecular complexity index is 1490. The van der Waals surface area contributed by atoms with Crippen LogP contribution in [0.25, 0.3) is 21.8 Å². The number of ketones is 1. The summed E-state index contributed by atoms with van der Waals surface area (Å²) in [5.74, 6) is 0.0389. The molecule has 2 heterocycles. The number of rotatable bonds is 5. The molecule has 0 radical (unpaired) electrons. The molecule has 4 aromatic rings. The van der Waals surface area contributed by atoms with Crippen LogP contribution in [0.15, 0.2) is 72.4 Å². The Labute approximate surface area is 190 Å². The Balaban J connectivity index is 1.70. The maximum atomic E-state index is 13.3. The van der Waals surface area contributed by atoms with Gasteiger partial charge in [-0.1, -0.05) is 36.0 Å². The molecule has 0 fully saturated rings. The third kappa shape index (κ3) is 3.31. The van der Waals surface area contributed by atoms with Gasteiger partial charge in [-0.05, 0) is 49.7 Å². The predicted molar refractivity (Wildman–Crippen MR) is 128 cm³/mol. The average molecular weight is 438 g/mol. The summed E-state index contributed by atoms with van der Waals surface area (Å²) in [7, 11) is 0. The van der Waals surface area contributed by atoms with E-state index in [0.717, 1.165) is 45.6 Å². The Morgan fingerprint density at radius 2 is 1.94 bits per heavy atom. The zero-order chi connectivity index (χ0) is 23.1. The molecule has 0 amide bonds. The largest absolute Gasteiger partial charge is 0.486 e. The molecular weight excluding hydrogens is 416 g/mol. The van der Waals surface area contributed by atoms with Crippen LogP contribution in [-0.2, 0) is 16.2 Å². The van der Waals surface area contributed by atoms with Crippen molar-refractivity contribution >= 4 is 39.3 Å². The monoisotopic (exact) mass is 438 g/mol. The van der Waals surface area contributed by atoms with Gasteiger partial charge in [-0.25, -0.2) is 4.79 Å². The van der Waals surface area contributed by atoms with Gasteiger partial charge in [-0.2, -0.15) is 0 Å². The summed E-state index contributed by atoms with van der Waals surface area (Å²) in [6.45, 7) is 8.37. The van der Waals surface area contributed by atoms with Crippen LogP contribution >= 0.6 is 0 Å². The fraction of sp³-hybridized carbons (Fsp3) is 0.148. The minimum atomic E-state index is -0.626. The topological polar surface area (TPSA) is 69.9 Å². The van der Waals surface area contributed by atoms with Gasteiger partial charge in [0.2, 0.25) is 0 Å². The van der Waals surface area contributed by atoms with Crippen molar-refractivity contribution in [3.8, 4) is 5.75 Å². The third-order valence-corrected chi connectivity index (χ3v) is 6.03. The fourth-order valence-electron chi connectivity index (χ4n) is 4.43. The molecule has 0 aliphatic carbocycles. The molecule has 0 spiro atoms. The fourth-order valence-corrected chi connectivity index (χ4v) is 4.43. The van der Waals surface area contributed by atoms with E-state index in [4.69, 9.17) is 9.57 Å². The van der Waals surface area contributed by atoms with Crippen LogP contribution in [0.5, 0.6) is 5.75 Å². The lowest BCUT2D eigenvalue weighted by atomic mass is 9.97. The predicted octanol–water partition coefficient (Wildman–Crippen LogP) is 5.18. The molecule has 0 saturated carbocycles. The van der Waals surface area contributed by atoms with Crippen LogP contribution in [0, 0.1) is 6.92 Å². The highest BCUT2D eigenvalue weighted by Crippen LogP contribution is 2.41. The molecular formula is C27H22N2O4. The van der Waals surface area contributed by atoms with Crippen LogP contribution in [-0.4, -0.2) is 28.6 Å². The van der Waals surface area contributed by atoms with Crippen molar-refractivity contribution in [1.29, 1.82) is 0 Å². The van der Waals surface area contributed by atoms with Gasteiger partial charge < -0.3 is 14.1 Å². The summed E-state index contributed by atoms with van der Waals surface area (Å²) in [5.41, 5.74) is 5.59. The van der Waals surface area contributed by atoms with Gasteiger partial charge >= 0.3 is 5.97 Å². The number of aryl methyl sites for hydroxylation is 2. The van der Waals surface area contributed by atoms with Gasteiger partial charge in [0.05, 0.1) is 10.9 Å². The lowest BCUT2D eigenvalue weighted by molar-refractivity contribution is -0.137. The first-order valence-corrected chi connectivity index (χ1v) is 10.8. The quantitative estimate of drug-likeness (QED) is 0.186. The Kier molecular flexibility index (Phi) is 5.05. The number of carbonyl (C=O) groups excluding carboxylic acids is 2. The molecule has 0 saturated heterocycles. The number of oxime groups is 1. The molecule has 5 rings (SSSR count). The number of hydrogen-bond acceptors (Lipinski definition) is 5. The molecule has 1 aliphatic heterocycles. The summed E-state index contributed by atoms with van der Waals surface area (Å²) >= 11 is 0. The normalized spacial score (nSPS) is 13.8. The van der Waals surface area contributed by atoms with E-state index in [9.17, 15) is 9.59 Å². The Hall–Kier alpha value is -4.19. The van der Waals surface area contributed by atoms with Crippen molar-refractivity contribution in [2.75, 3.05) is 6.61 Å². The molecule has 6 nitrogen and oxygen atoms in total. The summed E-state index contributed by atoms with van der Waals surface area (Å²) < 4.78 is 8.21. The number of aromatic nitrogens is 1. The van der Waals surface area contributed by atoms with Crippen LogP contribution in [0.4, 0.5) is 0 Å². The summed E-state index contributed by atoms with van der Waals surface area (Å²) in [6.07, 6.45) is 1.06. The lowest BCUT2D eigenvalue weighted by Crippen LogP contribution is -2.05. The maximum absolute atomic E-state index is 13.3. The molecule has 33 heavy (non-hydrogen) atoms. The third-order valence-electron chi connectivity index (χ3n) is 6.03.